The molecule has 0 unspecified atom stereocenters. The van der Waals surface area contributed by atoms with E-state index < -0.39 is 0 Å². The highest BCUT2D eigenvalue weighted by atomic mass is 16.5. The molecule has 2 N–H and O–H groups in total. The van der Waals surface area contributed by atoms with Gasteiger partial charge in [-0.15, -0.1) is 0 Å². The number of pyridine rings is 1. The molecule has 0 atom stereocenters. The lowest BCUT2D eigenvalue weighted by atomic mass is 10.0. The minimum atomic E-state index is 0.200. The van der Waals surface area contributed by atoms with E-state index in [1.807, 2.05) is 36.5 Å². The van der Waals surface area contributed by atoms with Crippen LogP contribution in [0, 0.1) is 5.92 Å². The molecule has 9 nitrogen and oxygen atoms in total. The van der Waals surface area contributed by atoms with E-state index >= 15 is 0 Å². The molecule has 1 aromatic carbocycles. The highest BCUT2D eigenvalue weighted by Crippen LogP contribution is 2.34. The number of aromatic nitrogens is 5. The highest BCUT2D eigenvalue weighted by molar-refractivity contribution is 5.97. The largest absolute Gasteiger partial charge is 0.378 e. The molecule has 6 rings (SSSR count). The van der Waals surface area contributed by atoms with Crippen LogP contribution in [0.1, 0.15) is 29.6 Å². The molecule has 1 saturated heterocycles. The fourth-order valence-corrected chi connectivity index (χ4v) is 4.29. The molecular weight excluding hydrogens is 442 g/mol. The molecule has 2 aliphatic rings. The number of carbonyl (C=O) groups excluding carboxylic acids is 1. The third kappa shape index (κ3) is 4.54. The summed E-state index contributed by atoms with van der Waals surface area (Å²) in [7, 11) is 0. The topological polar surface area (TPSA) is 120 Å². The van der Waals surface area contributed by atoms with E-state index in [-0.39, 0.29) is 11.7 Å². The zero-order chi connectivity index (χ0) is 23.8. The summed E-state index contributed by atoms with van der Waals surface area (Å²) < 4.78 is 5.53. The lowest BCUT2D eigenvalue weighted by Gasteiger charge is -2.28. The van der Waals surface area contributed by atoms with Crippen LogP contribution in [0.4, 0.5) is 11.8 Å². The quantitative estimate of drug-likeness (QED) is 0.424. The Labute approximate surface area is 202 Å². The van der Waals surface area contributed by atoms with E-state index in [1.165, 1.54) is 12.8 Å². The maximum Gasteiger partial charge on any atom is 0.219 e. The van der Waals surface area contributed by atoms with E-state index in [4.69, 9.17) is 25.4 Å². The molecule has 176 valence electrons. The third-order valence-electron chi connectivity index (χ3n) is 6.47. The lowest BCUT2D eigenvalue weighted by Crippen LogP contribution is -2.37. The first-order chi connectivity index (χ1) is 17.1. The van der Waals surface area contributed by atoms with Crippen LogP contribution in [0.5, 0.6) is 0 Å². The number of Topliss-reactive ketones (excluding diaryl/α,β-unsaturated/α-hetero) is 1. The van der Waals surface area contributed by atoms with Gasteiger partial charge < -0.3 is 15.4 Å². The summed E-state index contributed by atoms with van der Waals surface area (Å²) in [4.78, 5) is 37.2. The number of hydrogen-bond acceptors (Lipinski definition) is 9. The van der Waals surface area contributed by atoms with Crippen molar-refractivity contribution in [2.45, 2.75) is 19.3 Å². The van der Waals surface area contributed by atoms with Crippen LogP contribution in [-0.2, 0) is 4.74 Å². The molecule has 1 aliphatic heterocycles. The van der Waals surface area contributed by atoms with E-state index in [9.17, 15) is 4.79 Å². The van der Waals surface area contributed by atoms with Gasteiger partial charge in [-0.2, -0.15) is 0 Å². The first-order valence-corrected chi connectivity index (χ1v) is 11.9. The van der Waals surface area contributed by atoms with Crippen molar-refractivity contribution in [3.8, 4) is 22.5 Å². The van der Waals surface area contributed by atoms with Gasteiger partial charge in [0.05, 0.1) is 24.3 Å². The second-order valence-corrected chi connectivity index (χ2v) is 9.04. The van der Waals surface area contributed by atoms with Crippen LogP contribution in [0.25, 0.3) is 33.5 Å². The molecule has 0 amide bonds. The minimum Gasteiger partial charge on any atom is -0.378 e. The van der Waals surface area contributed by atoms with Crippen LogP contribution >= 0.6 is 0 Å². The number of morpholine rings is 1. The summed E-state index contributed by atoms with van der Waals surface area (Å²) in [6.45, 7) is 2.72. The zero-order valence-electron chi connectivity index (χ0n) is 19.2. The maximum atomic E-state index is 12.4. The van der Waals surface area contributed by atoms with Crippen molar-refractivity contribution in [1.29, 1.82) is 0 Å². The Bertz CT molecular complexity index is 1380. The lowest BCUT2D eigenvalue weighted by molar-refractivity contribution is 0.0976. The number of ketones is 1. The number of ether oxygens (including phenoxy) is 1. The monoisotopic (exact) mass is 467 g/mol. The normalized spacial score (nSPS) is 15.9. The Hall–Kier alpha value is -3.98. The Morgan fingerprint density at radius 3 is 2.37 bits per heavy atom. The van der Waals surface area contributed by atoms with Gasteiger partial charge in [0.15, 0.2) is 17.4 Å². The summed E-state index contributed by atoms with van der Waals surface area (Å²) in [6, 6.07) is 9.77. The van der Waals surface area contributed by atoms with Crippen molar-refractivity contribution in [1.82, 2.24) is 24.9 Å². The maximum absolute atomic E-state index is 12.4. The molecule has 3 aromatic heterocycles. The summed E-state index contributed by atoms with van der Waals surface area (Å²) >= 11 is 0. The molecule has 35 heavy (non-hydrogen) atoms. The van der Waals surface area contributed by atoms with E-state index in [0.29, 0.717) is 36.9 Å². The zero-order valence-corrected chi connectivity index (χ0v) is 19.2. The van der Waals surface area contributed by atoms with Gasteiger partial charge in [0.1, 0.15) is 5.52 Å². The number of nitrogens with two attached hydrogens (primary N) is 1. The first-order valence-electron chi connectivity index (χ1n) is 11.9. The first kappa shape index (κ1) is 21.5. The van der Waals surface area contributed by atoms with E-state index in [0.717, 1.165) is 46.6 Å². The second kappa shape index (κ2) is 8.99. The van der Waals surface area contributed by atoms with Gasteiger partial charge in [-0.1, -0.05) is 24.3 Å². The van der Waals surface area contributed by atoms with Crippen molar-refractivity contribution in [2.24, 2.45) is 5.92 Å². The second-order valence-electron chi connectivity index (χ2n) is 9.04. The highest BCUT2D eigenvalue weighted by Gasteiger charge is 2.25. The van der Waals surface area contributed by atoms with E-state index in [2.05, 4.69) is 14.9 Å². The predicted octanol–water partition coefficient (Wildman–Crippen LogP) is 3.55. The van der Waals surface area contributed by atoms with Gasteiger partial charge in [0.25, 0.3) is 0 Å². The van der Waals surface area contributed by atoms with Crippen LogP contribution in [-0.4, -0.2) is 57.0 Å². The number of benzene rings is 1. The van der Waals surface area contributed by atoms with Crippen LogP contribution < -0.4 is 10.6 Å². The standard InChI is InChI=1S/C26H25N7O2/c27-26-29-14-20(15-30-26)24-31-21-12-19(13-28-23(21)25(32-24)33-7-9-35-10-8-33)17-3-5-18(6-4-17)22(34)11-16-1-2-16/h3-6,12-16H,1-2,7-11H2,(H2,27,29,30). The Morgan fingerprint density at radius 2 is 1.66 bits per heavy atom. The number of nitrogen functional groups attached to an aromatic ring is 1. The van der Waals surface area contributed by atoms with Crippen molar-refractivity contribution >= 4 is 28.6 Å². The number of fused-ring (bicyclic) bond motifs is 1. The average Bonchev–Trinajstić information content (AvgIpc) is 3.73. The Balaban J connectivity index is 1.39. The molecule has 0 radical (unpaired) electrons. The van der Waals surface area contributed by atoms with Gasteiger partial charge in [-0.3, -0.25) is 9.78 Å². The molecule has 4 heterocycles. The summed E-state index contributed by atoms with van der Waals surface area (Å²) in [5.74, 6) is 2.27. The van der Waals surface area contributed by atoms with Crippen LogP contribution in [0.15, 0.2) is 48.9 Å². The van der Waals surface area contributed by atoms with Gasteiger partial charge in [-0.05, 0) is 30.4 Å². The van der Waals surface area contributed by atoms with Gasteiger partial charge in [0.2, 0.25) is 5.95 Å². The van der Waals surface area contributed by atoms with E-state index in [1.54, 1.807) is 12.4 Å². The summed E-state index contributed by atoms with van der Waals surface area (Å²) in [5, 5.41) is 0. The van der Waals surface area contributed by atoms with Crippen LogP contribution in [0.3, 0.4) is 0 Å². The Kier molecular flexibility index (Phi) is 5.54. The van der Waals surface area contributed by atoms with Crippen molar-refractivity contribution < 1.29 is 9.53 Å². The molecule has 1 saturated carbocycles. The SMILES string of the molecule is Nc1ncc(-c2nc(N3CCOCC3)c3ncc(-c4ccc(C(=O)CC5CC5)cc4)cc3n2)cn1. The fraction of sp³-hybridized carbons (Fsp3) is 0.308. The number of hydrogen-bond donors (Lipinski definition) is 1. The summed E-state index contributed by atoms with van der Waals surface area (Å²) in [5.41, 5.74) is 10.5. The number of carbonyl (C=O) groups is 1. The predicted molar refractivity (Wildman–Crippen MR) is 133 cm³/mol. The number of anilines is 2. The van der Waals surface area contributed by atoms with Gasteiger partial charge in [-0.25, -0.2) is 19.9 Å². The van der Waals surface area contributed by atoms with Crippen LogP contribution in [0.2, 0.25) is 0 Å². The molecule has 1 aliphatic carbocycles. The summed E-state index contributed by atoms with van der Waals surface area (Å²) in [6.07, 6.45) is 8.08. The molecule has 0 spiro atoms. The Morgan fingerprint density at radius 1 is 0.943 bits per heavy atom. The molecule has 4 aromatic rings. The number of nitrogens with zero attached hydrogens (tertiary/aromatic N) is 6. The fourth-order valence-electron chi connectivity index (χ4n) is 4.29. The van der Waals surface area contributed by atoms with Crippen molar-refractivity contribution in [3.05, 3.63) is 54.5 Å². The average molecular weight is 468 g/mol. The smallest absolute Gasteiger partial charge is 0.219 e. The molecule has 9 heteroatoms. The number of rotatable bonds is 6. The molecule has 0 bridgehead atoms. The van der Waals surface area contributed by atoms with Crippen molar-refractivity contribution in [2.75, 3.05) is 36.9 Å². The van der Waals surface area contributed by atoms with Gasteiger partial charge >= 0.3 is 0 Å². The molecular formula is C26H25N7O2. The molecule has 2 fully saturated rings. The van der Waals surface area contributed by atoms with Gasteiger partial charge in [0, 0.05) is 49.2 Å². The minimum absolute atomic E-state index is 0.200. The van der Waals surface area contributed by atoms with Crippen molar-refractivity contribution in [3.63, 3.8) is 0 Å². The third-order valence-corrected chi connectivity index (χ3v) is 6.47.